The zero-order chi connectivity index (χ0) is 14.3. The standard InChI is InChI=1S/C13H21ClO4S/c1-12(2)4-3-5-13(7-6-12)8-11(15)18-10(13)9-19(14,16)17/h10H,3-9H2,1-2H3. The third-order valence-electron chi connectivity index (χ3n) is 4.63. The number of rotatable bonds is 2. The van der Waals surface area contributed by atoms with Crippen molar-refractivity contribution in [1.82, 2.24) is 0 Å². The Hall–Kier alpha value is -0.290. The zero-order valence-electron chi connectivity index (χ0n) is 11.4. The van der Waals surface area contributed by atoms with Crippen LogP contribution in [0.1, 0.15) is 52.4 Å². The highest BCUT2D eigenvalue weighted by molar-refractivity contribution is 8.13. The van der Waals surface area contributed by atoms with Gasteiger partial charge < -0.3 is 4.74 Å². The van der Waals surface area contributed by atoms with Crippen LogP contribution in [0.15, 0.2) is 0 Å². The highest BCUT2D eigenvalue weighted by Gasteiger charge is 2.51. The van der Waals surface area contributed by atoms with Gasteiger partial charge in [0.25, 0.3) is 0 Å². The van der Waals surface area contributed by atoms with Crippen LogP contribution in [0.5, 0.6) is 0 Å². The van der Waals surface area contributed by atoms with Crippen LogP contribution in [0, 0.1) is 10.8 Å². The second-order valence-corrected chi connectivity index (χ2v) is 9.56. The van der Waals surface area contributed by atoms with Gasteiger partial charge in [-0.3, -0.25) is 4.79 Å². The van der Waals surface area contributed by atoms with E-state index in [0.717, 1.165) is 32.1 Å². The quantitative estimate of drug-likeness (QED) is 0.581. The lowest BCUT2D eigenvalue weighted by Gasteiger charge is -2.31. The zero-order valence-corrected chi connectivity index (χ0v) is 13.0. The van der Waals surface area contributed by atoms with E-state index < -0.39 is 15.2 Å². The fraction of sp³-hybridized carbons (Fsp3) is 0.923. The molecule has 1 saturated heterocycles. The SMILES string of the molecule is CC1(C)CCCC2(CC1)CC(=O)OC2CS(=O)(=O)Cl. The summed E-state index contributed by atoms with van der Waals surface area (Å²) in [5.41, 5.74) is -0.0770. The topological polar surface area (TPSA) is 60.4 Å². The summed E-state index contributed by atoms with van der Waals surface area (Å²) in [4.78, 5) is 11.6. The molecule has 0 aromatic carbocycles. The molecule has 6 heteroatoms. The van der Waals surface area contributed by atoms with E-state index in [0.29, 0.717) is 6.42 Å². The molecule has 0 aromatic heterocycles. The van der Waals surface area contributed by atoms with E-state index in [1.54, 1.807) is 0 Å². The molecule has 2 aliphatic rings. The molecule has 2 fully saturated rings. The van der Waals surface area contributed by atoms with Crippen molar-refractivity contribution in [2.45, 2.75) is 58.5 Å². The molecule has 1 saturated carbocycles. The van der Waals surface area contributed by atoms with Crippen LogP contribution in [0.2, 0.25) is 0 Å². The molecule has 0 bridgehead atoms. The molecule has 1 aliphatic carbocycles. The maximum Gasteiger partial charge on any atom is 0.306 e. The van der Waals surface area contributed by atoms with Gasteiger partial charge in [0.15, 0.2) is 0 Å². The van der Waals surface area contributed by atoms with E-state index in [2.05, 4.69) is 13.8 Å². The summed E-state index contributed by atoms with van der Waals surface area (Å²) in [5.74, 6) is -0.550. The Morgan fingerprint density at radius 1 is 1.26 bits per heavy atom. The van der Waals surface area contributed by atoms with Crippen molar-refractivity contribution in [2.24, 2.45) is 10.8 Å². The molecule has 1 spiro atoms. The van der Waals surface area contributed by atoms with Crippen molar-refractivity contribution in [3.63, 3.8) is 0 Å². The largest absolute Gasteiger partial charge is 0.461 e. The Balaban J connectivity index is 2.21. The lowest BCUT2D eigenvalue weighted by atomic mass is 9.74. The molecular weight excluding hydrogens is 288 g/mol. The molecular formula is C13H21ClO4S. The van der Waals surface area contributed by atoms with Crippen LogP contribution in [-0.2, 0) is 18.6 Å². The van der Waals surface area contributed by atoms with Gasteiger partial charge in [-0.2, -0.15) is 0 Å². The predicted molar refractivity (Wildman–Crippen MR) is 73.4 cm³/mol. The van der Waals surface area contributed by atoms with Crippen LogP contribution in [0.25, 0.3) is 0 Å². The lowest BCUT2D eigenvalue weighted by molar-refractivity contribution is -0.141. The summed E-state index contributed by atoms with van der Waals surface area (Å²) in [6, 6.07) is 0. The molecule has 4 nitrogen and oxygen atoms in total. The van der Waals surface area contributed by atoms with E-state index in [4.69, 9.17) is 15.4 Å². The van der Waals surface area contributed by atoms with Gasteiger partial charge in [0, 0.05) is 16.1 Å². The maximum atomic E-state index is 11.6. The Morgan fingerprint density at radius 2 is 1.95 bits per heavy atom. The van der Waals surface area contributed by atoms with E-state index in [-0.39, 0.29) is 22.6 Å². The fourth-order valence-corrected chi connectivity index (χ4v) is 4.50. The van der Waals surface area contributed by atoms with Gasteiger partial charge in [-0.05, 0) is 31.1 Å². The summed E-state index contributed by atoms with van der Waals surface area (Å²) in [6.07, 6.45) is 4.53. The number of carbonyl (C=O) groups excluding carboxylic acids is 1. The highest BCUT2D eigenvalue weighted by Crippen LogP contribution is 2.50. The average Bonchev–Trinajstić information content (AvgIpc) is 2.40. The second kappa shape index (κ2) is 4.92. The van der Waals surface area contributed by atoms with Crippen molar-refractivity contribution < 1.29 is 17.9 Å². The molecule has 0 radical (unpaired) electrons. The molecule has 1 heterocycles. The summed E-state index contributed by atoms with van der Waals surface area (Å²) in [6.45, 7) is 4.44. The minimum absolute atomic E-state index is 0.250. The van der Waals surface area contributed by atoms with Crippen LogP contribution >= 0.6 is 10.7 Å². The minimum Gasteiger partial charge on any atom is -0.461 e. The second-order valence-electron chi connectivity index (χ2n) is 6.74. The van der Waals surface area contributed by atoms with Gasteiger partial charge in [-0.1, -0.05) is 20.3 Å². The summed E-state index contributed by atoms with van der Waals surface area (Å²) < 4.78 is 27.9. The monoisotopic (exact) mass is 308 g/mol. The number of carbonyl (C=O) groups is 1. The van der Waals surface area contributed by atoms with Crippen molar-refractivity contribution in [1.29, 1.82) is 0 Å². The molecule has 0 N–H and O–H groups in total. The number of hydrogen-bond acceptors (Lipinski definition) is 4. The van der Waals surface area contributed by atoms with Crippen LogP contribution in [0.3, 0.4) is 0 Å². The molecule has 110 valence electrons. The van der Waals surface area contributed by atoms with Crippen molar-refractivity contribution >= 4 is 25.7 Å². The van der Waals surface area contributed by atoms with Crippen molar-refractivity contribution in [3.05, 3.63) is 0 Å². The average molecular weight is 309 g/mol. The smallest absolute Gasteiger partial charge is 0.306 e. The fourth-order valence-electron chi connectivity index (χ4n) is 3.37. The van der Waals surface area contributed by atoms with Gasteiger partial charge in [-0.25, -0.2) is 8.42 Å². The first kappa shape index (κ1) is 15.1. The first-order valence-corrected chi connectivity index (χ1v) is 9.22. The van der Waals surface area contributed by atoms with E-state index in [1.165, 1.54) is 0 Å². The van der Waals surface area contributed by atoms with E-state index >= 15 is 0 Å². The Morgan fingerprint density at radius 3 is 2.58 bits per heavy atom. The van der Waals surface area contributed by atoms with Crippen molar-refractivity contribution in [2.75, 3.05) is 5.75 Å². The first-order chi connectivity index (χ1) is 8.62. The van der Waals surface area contributed by atoms with E-state index in [1.807, 2.05) is 0 Å². The molecule has 1 aliphatic heterocycles. The molecule has 19 heavy (non-hydrogen) atoms. The number of halogens is 1. The first-order valence-electron chi connectivity index (χ1n) is 6.74. The maximum absolute atomic E-state index is 11.6. The van der Waals surface area contributed by atoms with Gasteiger partial charge in [0.2, 0.25) is 9.05 Å². The van der Waals surface area contributed by atoms with Crippen LogP contribution < -0.4 is 0 Å². The summed E-state index contributed by atoms with van der Waals surface area (Å²) >= 11 is 0. The molecule has 2 unspecified atom stereocenters. The lowest BCUT2D eigenvalue weighted by Crippen LogP contribution is -2.35. The van der Waals surface area contributed by atoms with Gasteiger partial charge in [0.05, 0.1) is 6.42 Å². The summed E-state index contributed by atoms with van der Waals surface area (Å²) in [7, 11) is 1.69. The number of esters is 1. The highest BCUT2D eigenvalue weighted by atomic mass is 35.7. The molecule has 0 aromatic rings. The molecule has 2 atom stereocenters. The van der Waals surface area contributed by atoms with E-state index in [9.17, 15) is 13.2 Å². The third kappa shape index (κ3) is 3.63. The Labute approximate surface area is 119 Å². The Bertz CT molecular complexity index is 471. The molecule has 2 rings (SSSR count). The normalized spacial score (nSPS) is 35.1. The minimum atomic E-state index is -3.65. The van der Waals surface area contributed by atoms with Crippen LogP contribution in [0.4, 0.5) is 0 Å². The molecule has 0 amide bonds. The number of hydrogen-bond donors (Lipinski definition) is 0. The van der Waals surface area contributed by atoms with Crippen LogP contribution in [-0.4, -0.2) is 26.2 Å². The van der Waals surface area contributed by atoms with Crippen molar-refractivity contribution in [3.8, 4) is 0 Å². The predicted octanol–water partition coefficient (Wildman–Crippen LogP) is 2.85. The van der Waals surface area contributed by atoms with Gasteiger partial charge in [-0.15, -0.1) is 0 Å². The number of ether oxygens (including phenoxy) is 1. The third-order valence-corrected chi connectivity index (χ3v) is 5.71. The van der Waals surface area contributed by atoms with Gasteiger partial charge >= 0.3 is 5.97 Å². The van der Waals surface area contributed by atoms with Gasteiger partial charge in [0.1, 0.15) is 11.9 Å². The summed E-state index contributed by atoms with van der Waals surface area (Å²) in [5, 5.41) is 0. The number of cyclic esters (lactones) is 1. The Kier molecular flexibility index (Phi) is 3.91.